The summed E-state index contributed by atoms with van der Waals surface area (Å²) in [6, 6.07) is 1.90. The van der Waals surface area contributed by atoms with Gasteiger partial charge < -0.3 is 0 Å². The van der Waals surface area contributed by atoms with Gasteiger partial charge in [0.15, 0.2) is 0 Å². The molecule has 17 heavy (non-hydrogen) atoms. The molecular weight excluding hydrogens is 284 g/mol. The first kappa shape index (κ1) is 11.8. The van der Waals surface area contributed by atoms with Crippen LogP contribution in [0.15, 0.2) is 10.8 Å². The summed E-state index contributed by atoms with van der Waals surface area (Å²) >= 11 is 3.53. The van der Waals surface area contributed by atoms with E-state index < -0.39 is 0 Å². The van der Waals surface area contributed by atoms with Crippen LogP contribution in [0.5, 0.6) is 0 Å². The lowest BCUT2D eigenvalue weighted by Crippen LogP contribution is -2.06. The van der Waals surface area contributed by atoms with E-state index in [1.54, 1.807) is 11.0 Å². The van der Waals surface area contributed by atoms with E-state index in [0.717, 1.165) is 22.3 Å². The van der Waals surface area contributed by atoms with Gasteiger partial charge in [0.1, 0.15) is 12.4 Å². The number of rotatable bonds is 3. The van der Waals surface area contributed by atoms with Crippen LogP contribution >= 0.6 is 15.9 Å². The first-order valence-electron chi connectivity index (χ1n) is 5.15. The van der Waals surface area contributed by atoms with Crippen LogP contribution in [-0.2, 0) is 20.0 Å². The van der Waals surface area contributed by atoms with Crippen molar-refractivity contribution in [2.24, 2.45) is 7.05 Å². The van der Waals surface area contributed by atoms with E-state index in [2.05, 4.69) is 38.0 Å². The van der Waals surface area contributed by atoms with Gasteiger partial charge in [-0.05, 0) is 22.4 Å². The van der Waals surface area contributed by atoms with Gasteiger partial charge in [0.05, 0.1) is 22.4 Å². The Morgan fingerprint density at radius 2 is 2.24 bits per heavy atom. The first-order chi connectivity index (χ1) is 8.15. The van der Waals surface area contributed by atoms with Gasteiger partial charge in [0, 0.05) is 7.05 Å². The Kier molecular flexibility index (Phi) is 3.24. The zero-order valence-corrected chi connectivity index (χ0v) is 11.1. The van der Waals surface area contributed by atoms with Gasteiger partial charge in [-0.3, -0.25) is 4.68 Å². The van der Waals surface area contributed by atoms with Crippen LogP contribution in [0.2, 0.25) is 0 Å². The zero-order valence-electron chi connectivity index (χ0n) is 9.55. The van der Waals surface area contributed by atoms with E-state index in [9.17, 15) is 0 Å². The predicted molar refractivity (Wildman–Crippen MR) is 64.1 cm³/mol. The van der Waals surface area contributed by atoms with Crippen LogP contribution in [0.3, 0.4) is 0 Å². The molecule has 0 N–H and O–H groups in total. The molecule has 0 aromatic carbocycles. The molecule has 0 saturated carbocycles. The molecule has 0 atom stereocenters. The number of hydrogen-bond acceptors (Lipinski definition) is 4. The van der Waals surface area contributed by atoms with E-state index >= 15 is 0 Å². The van der Waals surface area contributed by atoms with Crippen LogP contribution in [0.1, 0.15) is 24.1 Å². The van der Waals surface area contributed by atoms with Gasteiger partial charge in [-0.1, -0.05) is 6.92 Å². The van der Waals surface area contributed by atoms with E-state index in [4.69, 9.17) is 5.26 Å². The average Bonchev–Trinajstić information content (AvgIpc) is 2.88. The fourth-order valence-electron chi connectivity index (χ4n) is 1.57. The molecule has 7 heteroatoms. The molecule has 88 valence electrons. The molecule has 0 spiro atoms. The highest BCUT2D eigenvalue weighted by Crippen LogP contribution is 2.22. The summed E-state index contributed by atoms with van der Waals surface area (Å²) in [6.45, 7) is 2.60. The Labute approximate surface area is 107 Å². The molecule has 0 saturated heterocycles. The molecule has 0 aliphatic carbocycles. The van der Waals surface area contributed by atoms with E-state index in [-0.39, 0.29) is 5.82 Å². The third-order valence-electron chi connectivity index (χ3n) is 2.45. The SMILES string of the molecule is CCc1nn(C)c(Cn2cnc(C#N)n2)c1Br. The minimum Gasteiger partial charge on any atom is -0.269 e. The van der Waals surface area contributed by atoms with Crippen molar-refractivity contribution in [3.8, 4) is 6.07 Å². The highest BCUT2D eigenvalue weighted by molar-refractivity contribution is 9.10. The third kappa shape index (κ3) is 2.22. The summed E-state index contributed by atoms with van der Waals surface area (Å²) < 4.78 is 4.44. The Balaban J connectivity index is 2.30. The van der Waals surface area contributed by atoms with Crippen molar-refractivity contribution in [1.29, 1.82) is 5.26 Å². The minimum atomic E-state index is 0.180. The van der Waals surface area contributed by atoms with Crippen LogP contribution in [0.25, 0.3) is 0 Å². The maximum absolute atomic E-state index is 8.65. The van der Waals surface area contributed by atoms with Crippen molar-refractivity contribution in [1.82, 2.24) is 24.5 Å². The Hall–Kier alpha value is -1.68. The molecule has 6 nitrogen and oxygen atoms in total. The average molecular weight is 295 g/mol. The first-order valence-corrected chi connectivity index (χ1v) is 5.94. The molecule has 0 bridgehead atoms. The second-order valence-corrected chi connectivity index (χ2v) is 4.36. The number of aryl methyl sites for hydroxylation is 2. The molecule has 0 amide bonds. The van der Waals surface area contributed by atoms with Gasteiger partial charge in [0.2, 0.25) is 0 Å². The van der Waals surface area contributed by atoms with Crippen molar-refractivity contribution in [3.63, 3.8) is 0 Å². The fraction of sp³-hybridized carbons (Fsp3) is 0.400. The maximum Gasteiger partial charge on any atom is 0.252 e. The topological polar surface area (TPSA) is 72.3 Å². The summed E-state index contributed by atoms with van der Waals surface area (Å²) in [5.41, 5.74) is 2.03. The summed E-state index contributed by atoms with van der Waals surface area (Å²) in [6.07, 6.45) is 2.42. The number of halogens is 1. The lowest BCUT2D eigenvalue weighted by Gasteiger charge is -2.02. The molecule has 2 aromatic rings. The highest BCUT2D eigenvalue weighted by Gasteiger charge is 2.13. The molecule has 0 fully saturated rings. The summed E-state index contributed by atoms with van der Waals surface area (Å²) in [5.74, 6) is 0.180. The van der Waals surface area contributed by atoms with Crippen molar-refractivity contribution in [2.45, 2.75) is 19.9 Å². The third-order valence-corrected chi connectivity index (χ3v) is 3.37. The zero-order chi connectivity index (χ0) is 12.4. The summed E-state index contributed by atoms with van der Waals surface area (Å²) in [5, 5.41) is 17.1. The lowest BCUT2D eigenvalue weighted by atomic mass is 10.3. The molecule has 0 unspecified atom stereocenters. The van der Waals surface area contributed by atoms with Crippen molar-refractivity contribution >= 4 is 15.9 Å². The quantitative estimate of drug-likeness (QED) is 0.854. The second kappa shape index (κ2) is 4.67. The Morgan fingerprint density at radius 3 is 2.76 bits per heavy atom. The maximum atomic E-state index is 8.65. The summed E-state index contributed by atoms with van der Waals surface area (Å²) in [7, 11) is 1.89. The number of nitrogens with zero attached hydrogens (tertiary/aromatic N) is 6. The van der Waals surface area contributed by atoms with Gasteiger partial charge in [0.25, 0.3) is 5.82 Å². The number of hydrogen-bond donors (Lipinski definition) is 0. The lowest BCUT2D eigenvalue weighted by molar-refractivity contribution is 0.614. The van der Waals surface area contributed by atoms with Gasteiger partial charge in [-0.2, -0.15) is 10.4 Å². The molecule has 0 aliphatic heterocycles. The van der Waals surface area contributed by atoms with Gasteiger partial charge >= 0.3 is 0 Å². The predicted octanol–water partition coefficient (Wildman–Crippen LogP) is 1.26. The van der Waals surface area contributed by atoms with Crippen molar-refractivity contribution < 1.29 is 0 Å². The monoisotopic (exact) mass is 294 g/mol. The van der Waals surface area contributed by atoms with E-state index in [1.807, 2.05) is 17.8 Å². The molecule has 2 heterocycles. The smallest absolute Gasteiger partial charge is 0.252 e. The normalized spacial score (nSPS) is 10.5. The fourth-order valence-corrected chi connectivity index (χ4v) is 2.31. The van der Waals surface area contributed by atoms with Crippen LogP contribution in [0.4, 0.5) is 0 Å². The van der Waals surface area contributed by atoms with Gasteiger partial charge in [-0.15, -0.1) is 5.10 Å². The van der Waals surface area contributed by atoms with E-state index in [1.165, 1.54) is 0 Å². The number of aromatic nitrogens is 5. The number of nitriles is 1. The molecule has 2 rings (SSSR count). The largest absolute Gasteiger partial charge is 0.269 e. The highest BCUT2D eigenvalue weighted by atomic mass is 79.9. The van der Waals surface area contributed by atoms with Crippen molar-refractivity contribution in [3.05, 3.63) is 28.0 Å². The molecule has 0 radical (unpaired) electrons. The molecule has 2 aromatic heterocycles. The Morgan fingerprint density at radius 1 is 1.47 bits per heavy atom. The van der Waals surface area contributed by atoms with Crippen LogP contribution in [0, 0.1) is 11.3 Å². The van der Waals surface area contributed by atoms with Crippen molar-refractivity contribution in [2.75, 3.05) is 0 Å². The second-order valence-electron chi connectivity index (χ2n) is 3.56. The summed E-state index contributed by atoms with van der Waals surface area (Å²) in [4.78, 5) is 3.86. The minimum absolute atomic E-state index is 0.180. The molecular formula is C10H11BrN6. The Bertz CT molecular complexity index is 576. The van der Waals surface area contributed by atoms with Crippen LogP contribution in [-0.4, -0.2) is 24.5 Å². The van der Waals surface area contributed by atoms with Crippen LogP contribution < -0.4 is 0 Å². The van der Waals surface area contributed by atoms with Gasteiger partial charge in [-0.25, -0.2) is 9.67 Å². The van der Waals surface area contributed by atoms with E-state index in [0.29, 0.717) is 6.54 Å². The molecule has 0 aliphatic rings. The standard InChI is InChI=1S/C10H11BrN6/c1-3-7-10(11)8(16(2)14-7)5-17-6-13-9(4-12)15-17/h6H,3,5H2,1-2H3.